The first-order chi connectivity index (χ1) is 17.2. The molecule has 1 aliphatic rings. The van der Waals surface area contributed by atoms with Crippen LogP contribution in [0.1, 0.15) is 15.9 Å². The standard InChI is InChI=1S/C26H25N7O2/c1-18-4-5-21(30-25(34)19-6-9-28-24(15-19)33-11-13-35-14-12-33)16-23(18)32-26-29-10-7-22(31-26)20-3-2-8-27-17-20/h2-10,15-17H,11-14H2,1H3,(H,30,34)(H,29,31,32). The predicted octanol–water partition coefficient (Wildman–Crippen LogP) is 4.07. The molecule has 1 aromatic carbocycles. The molecule has 4 aromatic rings. The number of anilines is 4. The zero-order valence-electron chi connectivity index (χ0n) is 19.3. The number of nitrogens with zero attached hydrogens (tertiary/aromatic N) is 5. The molecule has 0 saturated carbocycles. The van der Waals surface area contributed by atoms with Crippen molar-refractivity contribution in [3.63, 3.8) is 0 Å². The number of ether oxygens (including phenoxy) is 1. The fourth-order valence-corrected chi connectivity index (χ4v) is 3.78. The molecular formula is C26H25N7O2. The molecule has 1 aliphatic heterocycles. The first-order valence-corrected chi connectivity index (χ1v) is 11.4. The van der Waals surface area contributed by atoms with Crippen molar-refractivity contribution in [3.8, 4) is 11.3 Å². The van der Waals surface area contributed by atoms with Gasteiger partial charge in [-0.2, -0.15) is 0 Å². The Morgan fingerprint density at radius 3 is 2.69 bits per heavy atom. The lowest BCUT2D eigenvalue weighted by Crippen LogP contribution is -2.36. The predicted molar refractivity (Wildman–Crippen MR) is 135 cm³/mol. The summed E-state index contributed by atoms with van der Waals surface area (Å²) in [5, 5.41) is 6.25. The van der Waals surface area contributed by atoms with E-state index in [0.29, 0.717) is 30.4 Å². The van der Waals surface area contributed by atoms with E-state index in [0.717, 1.165) is 41.4 Å². The Morgan fingerprint density at radius 1 is 1.00 bits per heavy atom. The third-order valence-corrected chi connectivity index (χ3v) is 5.70. The van der Waals surface area contributed by atoms with Crippen LogP contribution >= 0.6 is 0 Å². The lowest BCUT2D eigenvalue weighted by atomic mass is 10.1. The van der Waals surface area contributed by atoms with Crippen LogP contribution in [0.15, 0.2) is 73.3 Å². The average Bonchev–Trinajstić information content (AvgIpc) is 2.92. The number of morpholine rings is 1. The van der Waals surface area contributed by atoms with Gasteiger partial charge in [-0.05, 0) is 55.0 Å². The topological polar surface area (TPSA) is 105 Å². The number of pyridine rings is 2. The van der Waals surface area contributed by atoms with Gasteiger partial charge in [0, 0.05) is 60.4 Å². The Bertz CT molecular complexity index is 1320. The van der Waals surface area contributed by atoms with E-state index in [1.54, 1.807) is 30.9 Å². The molecule has 1 fully saturated rings. The van der Waals surface area contributed by atoms with Crippen molar-refractivity contribution in [3.05, 3.63) is 84.4 Å². The molecule has 0 unspecified atom stereocenters. The second-order valence-corrected chi connectivity index (χ2v) is 8.12. The summed E-state index contributed by atoms with van der Waals surface area (Å²) in [4.78, 5) is 32.6. The lowest BCUT2D eigenvalue weighted by molar-refractivity contribution is 0.102. The SMILES string of the molecule is Cc1ccc(NC(=O)c2ccnc(N3CCOCC3)c2)cc1Nc1nccc(-c2cccnc2)n1. The van der Waals surface area contributed by atoms with Crippen molar-refractivity contribution < 1.29 is 9.53 Å². The number of rotatable bonds is 6. The van der Waals surface area contributed by atoms with E-state index < -0.39 is 0 Å². The fourth-order valence-electron chi connectivity index (χ4n) is 3.78. The highest BCUT2D eigenvalue weighted by Gasteiger charge is 2.15. The number of hydrogen-bond donors (Lipinski definition) is 2. The van der Waals surface area contributed by atoms with Crippen LogP contribution in [0.25, 0.3) is 11.3 Å². The maximum Gasteiger partial charge on any atom is 0.255 e. The first-order valence-electron chi connectivity index (χ1n) is 11.4. The number of nitrogens with one attached hydrogen (secondary N) is 2. The van der Waals surface area contributed by atoms with Crippen molar-refractivity contribution in [2.24, 2.45) is 0 Å². The summed E-state index contributed by atoms with van der Waals surface area (Å²) in [7, 11) is 0. The first kappa shape index (κ1) is 22.4. The molecule has 1 amide bonds. The second kappa shape index (κ2) is 10.3. The van der Waals surface area contributed by atoms with Crippen LogP contribution in [0.4, 0.5) is 23.1 Å². The summed E-state index contributed by atoms with van der Waals surface area (Å²) >= 11 is 0. The number of benzene rings is 1. The Hall–Kier alpha value is -4.37. The Kier molecular flexibility index (Phi) is 6.58. The second-order valence-electron chi connectivity index (χ2n) is 8.12. The zero-order valence-corrected chi connectivity index (χ0v) is 19.3. The van der Waals surface area contributed by atoms with Crippen molar-refractivity contribution in [2.45, 2.75) is 6.92 Å². The number of aryl methyl sites for hydroxylation is 1. The van der Waals surface area contributed by atoms with Crippen molar-refractivity contribution in [1.29, 1.82) is 0 Å². The molecule has 9 heteroatoms. The van der Waals surface area contributed by atoms with E-state index in [-0.39, 0.29) is 5.91 Å². The minimum atomic E-state index is -0.202. The maximum atomic E-state index is 13.0. The Labute approximate surface area is 203 Å². The summed E-state index contributed by atoms with van der Waals surface area (Å²) in [6, 6.07) is 14.9. The molecule has 0 aliphatic carbocycles. The largest absolute Gasteiger partial charge is 0.378 e. The molecule has 176 valence electrons. The highest BCUT2D eigenvalue weighted by molar-refractivity contribution is 6.05. The van der Waals surface area contributed by atoms with Crippen molar-refractivity contribution in [1.82, 2.24) is 19.9 Å². The van der Waals surface area contributed by atoms with E-state index in [2.05, 4.69) is 35.5 Å². The quantitative estimate of drug-likeness (QED) is 0.437. The number of carbonyl (C=O) groups excluding carboxylic acids is 1. The van der Waals surface area contributed by atoms with Gasteiger partial charge in [-0.1, -0.05) is 6.07 Å². The van der Waals surface area contributed by atoms with Gasteiger partial charge in [0.2, 0.25) is 5.95 Å². The van der Waals surface area contributed by atoms with Crippen LogP contribution in [-0.2, 0) is 4.74 Å². The van der Waals surface area contributed by atoms with Crippen LogP contribution in [0.2, 0.25) is 0 Å². The minimum Gasteiger partial charge on any atom is -0.378 e. The van der Waals surface area contributed by atoms with Gasteiger partial charge in [0.1, 0.15) is 5.82 Å². The molecule has 3 aromatic heterocycles. The molecule has 0 spiro atoms. The van der Waals surface area contributed by atoms with Gasteiger partial charge in [0.15, 0.2) is 0 Å². The van der Waals surface area contributed by atoms with E-state index in [9.17, 15) is 4.79 Å². The van der Waals surface area contributed by atoms with Crippen LogP contribution in [0.5, 0.6) is 0 Å². The summed E-state index contributed by atoms with van der Waals surface area (Å²) in [6.07, 6.45) is 6.85. The molecule has 4 heterocycles. The van der Waals surface area contributed by atoms with Crippen LogP contribution in [0, 0.1) is 6.92 Å². The molecule has 35 heavy (non-hydrogen) atoms. The molecule has 0 bridgehead atoms. The van der Waals surface area contributed by atoms with Crippen molar-refractivity contribution >= 4 is 29.0 Å². The van der Waals surface area contributed by atoms with Gasteiger partial charge in [0.05, 0.1) is 18.9 Å². The van der Waals surface area contributed by atoms with Crippen LogP contribution in [-0.4, -0.2) is 52.1 Å². The number of hydrogen-bond acceptors (Lipinski definition) is 8. The molecule has 5 rings (SSSR count). The van der Waals surface area contributed by atoms with Crippen LogP contribution in [0.3, 0.4) is 0 Å². The zero-order chi connectivity index (χ0) is 24.0. The molecule has 2 N–H and O–H groups in total. The minimum absolute atomic E-state index is 0.202. The van der Waals surface area contributed by atoms with Gasteiger partial charge in [0.25, 0.3) is 5.91 Å². The molecular weight excluding hydrogens is 442 g/mol. The molecule has 0 atom stereocenters. The third-order valence-electron chi connectivity index (χ3n) is 5.70. The van der Waals surface area contributed by atoms with Gasteiger partial charge in [-0.15, -0.1) is 0 Å². The highest BCUT2D eigenvalue weighted by Crippen LogP contribution is 2.25. The third kappa shape index (κ3) is 5.42. The number of amides is 1. The summed E-state index contributed by atoms with van der Waals surface area (Å²) in [5.74, 6) is 1.03. The Morgan fingerprint density at radius 2 is 1.86 bits per heavy atom. The number of carbonyl (C=O) groups is 1. The van der Waals surface area contributed by atoms with Crippen molar-refractivity contribution in [2.75, 3.05) is 41.8 Å². The van der Waals surface area contributed by atoms with Gasteiger partial charge in [-0.3, -0.25) is 9.78 Å². The van der Waals surface area contributed by atoms with Gasteiger partial charge >= 0.3 is 0 Å². The highest BCUT2D eigenvalue weighted by atomic mass is 16.5. The van der Waals surface area contributed by atoms with Gasteiger partial charge < -0.3 is 20.3 Å². The van der Waals surface area contributed by atoms with E-state index in [1.807, 2.05) is 49.4 Å². The average molecular weight is 468 g/mol. The monoisotopic (exact) mass is 467 g/mol. The van der Waals surface area contributed by atoms with E-state index >= 15 is 0 Å². The fraction of sp³-hybridized carbons (Fsp3) is 0.192. The van der Waals surface area contributed by atoms with Gasteiger partial charge in [-0.25, -0.2) is 15.0 Å². The molecule has 9 nitrogen and oxygen atoms in total. The molecule has 1 saturated heterocycles. The molecule has 0 radical (unpaired) electrons. The van der Waals surface area contributed by atoms with E-state index in [1.165, 1.54) is 0 Å². The van der Waals surface area contributed by atoms with Crippen LogP contribution < -0.4 is 15.5 Å². The summed E-state index contributed by atoms with van der Waals surface area (Å²) < 4.78 is 5.40. The Balaban J connectivity index is 1.31. The summed E-state index contributed by atoms with van der Waals surface area (Å²) in [6.45, 7) is 4.82. The van der Waals surface area contributed by atoms with E-state index in [4.69, 9.17) is 4.74 Å². The maximum absolute atomic E-state index is 13.0. The summed E-state index contributed by atoms with van der Waals surface area (Å²) in [5.41, 5.74) is 4.68. The lowest BCUT2D eigenvalue weighted by Gasteiger charge is -2.27. The number of aromatic nitrogens is 4. The normalized spacial score (nSPS) is 13.3. The smallest absolute Gasteiger partial charge is 0.255 e.